The Morgan fingerprint density at radius 2 is 1.71 bits per heavy atom. The first-order valence-corrected chi connectivity index (χ1v) is 9.39. The van der Waals surface area contributed by atoms with Crippen LogP contribution in [0.25, 0.3) is 0 Å². The summed E-state index contributed by atoms with van der Waals surface area (Å²) in [6.07, 6.45) is 1.84. The molecule has 0 aromatic heterocycles. The molecular weight excluding hydrogens is 358 g/mol. The average Bonchev–Trinajstić information content (AvgIpc) is 2.62. The molecular formula is C21H31N3O4. The molecule has 154 valence electrons. The summed E-state index contributed by atoms with van der Waals surface area (Å²) in [5, 5.41) is 5.21. The van der Waals surface area contributed by atoms with Gasteiger partial charge in [-0.05, 0) is 38.2 Å². The number of carbonyl (C=O) groups excluding carboxylic acids is 3. The van der Waals surface area contributed by atoms with Crippen molar-refractivity contribution in [2.24, 2.45) is 11.7 Å². The van der Waals surface area contributed by atoms with Crippen LogP contribution < -0.4 is 16.4 Å². The van der Waals surface area contributed by atoms with Gasteiger partial charge in [0, 0.05) is 0 Å². The van der Waals surface area contributed by atoms with Crippen molar-refractivity contribution < 1.29 is 19.1 Å². The number of ether oxygens (including phenoxy) is 1. The number of carbonyl (C=O) groups is 3. The highest BCUT2D eigenvalue weighted by Crippen LogP contribution is 2.08. The van der Waals surface area contributed by atoms with Crippen LogP contribution in [0.4, 0.5) is 4.79 Å². The molecule has 0 fully saturated rings. The van der Waals surface area contributed by atoms with Gasteiger partial charge in [0.05, 0.1) is 0 Å². The van der Waals surface area contributed by atoms with Gasteiger partial charge >= 0.3 is 6.09 Å². The van der Waals surface area contributed by atoms with Crippen LogP contribution in [0.5, 0.6) is 0 Å². The molecule has 4 N–H and O–H groups in total. The first-order valence-electron chi connectivity index (χ1n) is 9.39. The second kappa shape index (κ2) is 11.8. The zero-order valence-electron chi connectivity index (χ0n) is 17.0. The molecule has 0 spiro atoms. The monoisotopic (exact) mass is 389 g/mol. The minimum absolute atomic E-state index is 0.104. The summed E-state index contributed by atoms with van der Waals surface area (Å²) < 4.78 is 5.19. The van der Waals surface area contributed by atoms with Gasteiger partial charge in [-0.15, -0.1) is 0 Å². The summed E-state index contributed by atoms with van der Waals surface area (Å²) in [5.74, 6) is -0.938. The van der Waals surface area contributed by atoms with E-state index >= 15 is 0 Å². The van der Waals surface area contributed by atoms with Gasteiger partial charge in [0.25, 0.3) is 0 Å². The summed E-state index contributed by atoms with van der Waals surface area (Å²) >= 11 is 0. The highest BCUT2D eigenvalue weighted by molar-refractivity contribution is 5.90. The van der Waals surface area contributed by atoms with E-state index in [0.717, 1.165) is 11.1 Å². The Kier molecular flexibility index (Phi) is 9.78. The second-order valence-corrected chi connectivity index (χ2v) is 7.37. The lowest BCUT2D eigenvalue weighted by Crippen LogP contribution is -2.53. The summed E-state index contributed by atoms with van der Waals surface area (Å²) in [6, 6.07) is 7.59. The van der Waals surface area contributed by atoms with Gasteiger partial charge in [0.2, 0.25) is 11.8 Å². The van der Waals surface area contributed by atoms with Crippen LogP contribution in [0.3, 0.4) is 0 Å². The standard InChI is InChI=1S/C21H31N3O4/c1-14(2)10-11-17(19(22)25)23-20(26)18(12-15(3)4)24-21(27)28-13-16-8-6-5-7-9-16/h5-10,15,17-18H,11-13H2,1-4H3,(H2,22,25)(H,23,26)(H,24,27)/t17-,18+/m1/s1. The third-order valence-corrected chi connectivity index (χ3v) is 3.95. The van der Waals surface area contributed by atoms with Crippen molar-refractivity contribution in [1.82, 2.24) is 10.6 Å². The number of nitrogens with one attached hydrogen (secondary N) is 2. The molecule has 1 aromatic carbocycles. The molecule has 0 aliphatic heterocycles. The van der Waals surface area contributed by atoms with Crippen molar-refractivity contribution in [2.75, 3.05) is 0 Å². The fourth-order valence-electron chi connectivity index (χ4n) is 2.48. The average molecular weight is 389 g/mol. The van der Waals surface area contributed by atoms with E-state index in [9.17, 15) is 14.4 Å². The lowest BCUT2D eigenvalue weighted by molar-refractivity contribution is -0.128. The zero-order valence-corrected chi connectivity index (χ0v) is 17.0. The van der Waals surface area contributed by atoms with Crippen molar-refractivity contribution in [3.05, 3.63) is 47.5 Å². The molecule has 0 aliphatic carbocycles. The Morgan fingerprint density at radius 3 is 2.25 bits per heavy atom. The first-order chi connectivity index (χ1) is 13.2. The zero-order chi connectivity index (χ0) is 21.1. The number of hydrogen-bond acceptors (Lipinski definition) is 4. The third-order valence-electron chi connectivity index (χ3n) is 3.95. The number of amides is 3. The highest BCUT2D eigenvalue weighted by atomic mass is 16.5. The molecule has 0 saturated carbocycles. The number of nitrogens with two attached hydrogens (primary N) is 1. The minimum Gasteiger partial charge on any atom is -0.445 e. The largest absolute Gasteiger partial charge is 0.445 e. The molecule has 1 rings (SSSR count). The van der Waals surface area contributed by atoms with Crippen LogP contribution in [0.2, 0.25) is 0 Å². The van der Waals surface area contributed by atoms with Crippen molar-refractivity contribution in [2.45, 2.75) is 59.2 Å². The smallest absolute Gasteiger partial charge is 0.408 e. The van der Waals surface area contributed by atoms with Gasteiger partial charge in [-0.2, -0.15) is 0 Å². The van der Waals surface area contributed by atoms with E-state index in [4.69, 9.17) is 10.5 Å². The fourth-order valence-corrected chi connectivity index (χ4v) is 2.48. The molecule has 0 heterocycles. The molecule has 7 nitrogen and oxygen atoms in total. The van der Waals surface area contributed by atoms with Crippen LogP contribution in [0.15, 0.2) is 42.0 Å². The molecule has 2 atom stereocenters. The minimum atomic E-state index is -0.834. The summed E-state index contributed by atoms with van der Waals surface area (Å²) in [7, 11) is 0. The maximum atomic E-state index is 12.6. The Labute approximate surface area is 166 Å². The van der Waals surface area contributed by atoms with E-state index in [-0.39, 0.29) is 12.5 Å². The van der Waals surface area contributed by atoms with Crippen LogP contribution in [0, 0.1) is 5.92 Å². The van der Waals surface area contributed by atoms with Crippen LogP contribution in [-0.4, -0.2) is 30.0 Å². The maximum Gasteiger partial charge on any atom is 0.408 e. The number of alkyl carbamates (subject to hydrolysis) is 1. The Bertz CT molecular complexity index is 682. The Hall–Kier alpha value is -2.83. The Balaban J connectivity index is 2.71. The number of allylic oxidation sites excluding steroid dienone is 1. The van der Waals surface area contributed by atoms with E-state index < -0.39 is 30.0 Å². The van der Waals surface area contributed by atoms with E-state index in [2.05, 4.69) is 10.6 Å². The quantitative estimate of drug-likeness (QED) is 0.534. The van der Waals surface area contributed by atoms with Gasteiger partial charge in [-0.3, -0.25) is 9.59 Å². The van der Waals surface area contributed by atoms with Gasteiger partial charge in [-0.25, -0.2) is 4.79 Å². The maximum absolute atomic E-state index is 12.6. The van der Waals surface area contributed by atoms with Crippen molar-refractivity contribution in [1.29, 1.82) is 0 Å². The number of rotatable bonds is 10. The molecule has 28 heavy (non-hydrogen) atoms. The SMILES string of the molecule is CC(C)=CC[C@@H](NC(=O)[C@H](CC(C)C)NC(=O)OCc1ccccc1)C(N)=O. The first kappa shape index (κ1) is 23.2. The van der Waals surface area contributed by atoms with E-state index in [1.165, 1.54) is 0 Å². The highest BCUT2D eigenvalue weighted by Gasteiger charge is 2.26. The van der Waals surface area contributed by atoms with Gasteiger partial charge < -0.3 is 21.1 Å². The molecule has 0 saturated heterocycles. The van der Waals surface area contributed by atoms with Crippen molar-refractivity contribution in [3.63, 3.8) is 0 Å². The van der Waals surface area contributed by atoms with Crippen LogP contribution in [0.1, 0.15) is 46.1 Å². The van der Waals surface area contributed by atoms with Gasteiger partial charge in [0.1, 0.15) is 18.7 Å². The second-order valence-electron chi connectivity index (χ2n) is 7.37. The number of benzene rings is 1. The fraction of sp³-hybridized carbons (Fsp3) is 0.476. The Morgan fingerprint density at radius 1 is 1.07 bits per heavy atom. The predicted octanol–water partition coefficient (Wildman–Crippen LogP) is 2.65. The topological polar surface area (TPSA) is 111 Å². The summed E-state index contributed by atoms with van der Waals surface area (Å²) in [5.41, 5.74) is 7.25. The molecule has 0 unspecified atom stereocenters. The van der Waals surface area contributed by atoms with Crippen molar-refractivity contribution >= 4 is 17.9 Å². The third kappa shape index (κ3) is 9.21. The van der Waals surface area contributed by atoms with E-state index in [0.29, 0.717) is 12.8 Å². The van der Waals surface area contributed by atoms with Gasteiger partial charge in [-0.1, -0.05) is 55.8 Å². The normalized spacial score (nSPS) is 12.6. The molecule has 0 bridgehead atoms. The van der Waals surface area contributed by atoms with E-state index in [1.54, 1.807) is 0 Å². The predicted molar refractivity (Wildman–Crippen MR) is 108 cm³/mol. The molecule has 1 aromatic rings. The van der Waals surface area contributed by atoms with Crippen LogP contribution in [-0.2, 0) is 20.9 Å². The molecule has 3 amide bonds. The summed E-state index contributed by atoms with van der Waals surface area (Å²) in [4.78, 5) is 36.4. The van der Waals surface area contributed by atoms with Crippen molar-refractivity contribution in [3.8, 4) is 0 Å². The van der Waals surface area contributed by atoms with Gasteiger partial charge in [0.15, 0.2) is 0 Å². The number of hydrogen-bond donors (Lipinski definition) is 3. The van der Waals surface area contributed by atoms with Crippen LogP contribution >= 0.6 is 0 Å². The number of primary amides is 1. The van der Waals surface area contributed by atoms with E-state index in [1.807, 2.05) is 64.1 Å². The molecule has 0 radical (unpaired) electrons. The summed E-state index contributed by atoms with van der Waals surface area (Å²) in [6.45, 7) is 7.77. The molecule has 0 aliphatic rings. The lowest BCUT2D eigenvalue weighted by Gasteiger charge is -2.22. The molecule has 7 heteroatoms. The lowest BCUT2D eigenvalue weighted by atomic mass is 10.0.